The molecule has 2 heteroatoms. The lowest BCUT2D eigenvalue weighted by Crippen LogP contribution is -2.53. The minimum absolute atomic E-state index is 0.0649. The van der Waals surface area contributed by atoms with E-state index < -0.39 is 0 Å². The summed E-state index contributed by atoms with van der Waals surface area (Å²) in [5, 5.41) is 10.6. The predicted octanol–water partition coefficient (Wildman–Crippen LogP) is 3.88. The molecule has 0 unspecified atom stereocenters. The van der Waals surface area contributed by atoms with Gasteiger partial charge in [0.2, 0.25) is 0 Å². The third kappa shape index (κ3) is 1.32. The minimum atomic E-state index is -0.0649. The van der Waals surface area contributed by atoms with E-state index in [1.165, 1.54) is 31.3 Å². The third-order valence-corrected chi connectivity index (χ3v) is 9.08. The smallest absolute Gasteiger partial charge is 0.155 e. The Balaban J connectivity index is 1.57. The molecule has 0 heterocycles. The number of allylic oxidation sites excluding steroid dienone is 1. The number of carbonyl (C=O) groups is 1. The van der Waals surface area contributed by atoms with Crippen molar-refractivity contribution in [2.24, 2.45) is 34.0 Å². The van der Waals surface area contributed by atoms with Crippen molar-refractivity contribution in [1.82, 2.24) is 0 Å². The molecule has 120 valence electrons. The number of fused-ring (bicyclic) bond motifs is 3. The van der Waals surface area contributed by atoms with Crippen LogP contribution in [-0.4, -0.2) is 17.0 Å². The average Bonchev–Trinajstić information content (AvgIpc) is 3.13. The van der Waals surface area contributed by atoms with Crippen LogP contribution < -0.4 is 0 Å². The van der Waals surface area contributed by atoms with Gasteiger partial charge in [0.1, 0.15) is 0 Å². The fraction of sp³-hybridized carbons (Fsp3) is 0.850. The fourth-order valence-corrected chi connectivity index (χ4v) is 7.76. The van der Waals surface area contributed by atoms with E-state index >= 15 is 0 Å². The first-order chi connectivity index (χ1) is 10.4. The van der Waals surface area contributed by atoms with Crippen molar-refractivity contribution in [3.8, 4) is 0 Å². The van der Waals surface area contributed by atoms with Crippen molar-refractivity contribution in [2.45, 2.75) is 71.3 Å². The molecule has 1 N–H and O–H groups in total. The van der Waals surface area contributed by atoms with E-state index in [1.807, 2.05) is 6.08 Å². The molecular weight excluding hydrogens is 272 g/mol. The summed E-state index contributed by atoms with van der Waals surface area (Å²) in [6, 6.07) is 0. The van der Waals surface area contributed by atoms with Crippen molar-refractivity contribution in [1.29, 1.82) is 0 Å². The molecule has 0 aromatic heterocycles. The van der Waals surface area contributed by atoms with Gasteiger partial charge in [-0.3, -0.25) is 4.79 Å². The molecule has 0 radical (unpaired) electrons. The Bertz CT molecular complexity index is 593. The van der Waals surface area contributed by atoms with Crippen LogP contribution in [0.1, 0.15) is 65.2 Å². The maximum Gasteiger partial charge on any atom is 0.155 e. The van der Waals surface area contributed by atoms with Crippen LogP contribution in [0.15, 0.2) is 11.6 Å². The molecule has 2 nitrogen and oxygen atoms in total. The normalized spacial score (nSPS) is 59.0. The van der Waals surface area contributed by atoms with Crippen molar-refractivity contribution < 1.29 is 9.90 Å². The van der Waals surface area contributed by atoms with E-state index in [2.05, 4.69) is 13.8 Å². The lowest BCUT2D eigenvalue weighted by molar-refractivity contribution is -0.120. The lowest BCUT2D eigenvalue weighted by atomic mass is 9.45. The highest BCUT2D eigenvalue weighted by atomic mass is 16.3. The maximum atomic E-state index is 11.9. The molecule has 7 atom stereocenters. The van der Waals surface area contributed by atoms with Crippen LogP contribution in [0.3, 0.4) is 0 Å². The SMILES string of the molecule is C[C@]12CCC(=O)C=C1CC[C@@H]1[C@@H]2CC[C@]2(C)[C@H](O)C[C@@H]3C[C@]312. The van der Waals surface area contributed by atoms with Crippen LogP contribution in [-0.2, 0) is 4.79 Å². The first-order valence-electron chi connectivity index (χ1n) is 9.34. The number of hydrogen-bond acceptors (Lipinski definition) is 2. The van der Waals surface area contributed by atoms with E-state index in [0.717, 1.165) is 43.4 Å². The molecule has 5 aliphatic rings. The third-order valence-electron chi connectivity index (χ3n) is 9.08. The Morgan fingerprint density at radius 3 is 2.77 bits per heavy atom. The van der Waals surface area contributed by atoms with E-state index in [9.17, 15) is 9.90 Å². The van der Waals surface area contributed by atoms with E-state index in [0.29, 0.717) is 11.2 Å². The first kappa shape index (κ1) is 13.8. The summed E-state index contributed by atoms with van der Waals surface area (Å²) < 4.78 is 0. The van der Waals surface area contributed by atoms with Gasteiger partial charge in [0.15, 0.2) is 5.78 Å². The Morgan fingerprint density at radius 1 is 1.14 bits per heavy atom. The van der Waals surface area contributed by atoms with Gasteiger partial charge >= 0.3 is 0 Å². The highest BCUT2D eigenvalue weighted by molar-refractivity contribution is 5.91. The molecule has 4 fully saturated rings. The van der Waals surface area contributed by atoms with Gasteiger partial charge in [-0.1, -0.05) is 19.4 Å². The molecule has 22 heavy (non-hydrogen) atoms. The standard InChI is InChI=1S/C20H28O2/c1-18-7-5-14(21)9-12(18)3-4-16-15(18)6-8-19(2)17(22)10-13-11-20(13,16)19/h9,13,15-17,22H,3-8,10-11H2,1-2H3/t13-,15+,16-,17-,18+,19-,20+/m1/s1. The van der Waals surface area contributed by atoms with Crippen LogP contribution in [0.25, 0.3) is 0 Å². The minimum Gasteiger partial charge on any atom is -0.393 e. The van der Waals surface area contributed by atoms with Crippen molar-refractivity contribution >= 4 is 5.78 Å². The Morgan fingerprint density at radius 2 is 1.95 bits per heavy atom. The number of carbonyl (C=O) groups excluding carboxylic acids is 1. The summed E-state index contributed by atoms with van der Waals surface area (Å²) in [6.45, 7) is 4.84. The number of aliphatic hydroxyl groups is 1. The van der Waals surface area contributed by atoms with Gasteiger partial charge in [0, 0.05) is 6.42 Å². The summed E-state index contributed by atoms with van der Waals surface area (Å²) in [7, 11) is 0. The van der Waals surface area contributed by atoms with Gasteiger partial charge in [0.05, 0.1) is 6.10 Å². The molecule has 0 saturated heterocycles. The van der Waals surface area contributed by atoms with Crippen LogP contribution in [0.5, 0.6) is 0 Å². The maximum absolute atomic E-state index is 11.9. The second-order valence-electron chi connectivity index (χ2n) is 9.45. The molecule has 1 spiro atoms. The zero-order valence-electron chi connectivity index (χ0n) is 13.9. The monoisotopic (exact) mass is 300 g/mol. The second-order valence-corrected chi connectivity index (χ2v) is 9.45. The molecule has 0 amide bonds. The number of aliphatic hydroxyl groups excluding tert-OH is 1. The molecule has 0 bridgehead atoms. The molecular formula is C20H28O2. The van der Waals surface area contributed by atoms with Crippen LogP contribution in [0, 0.1) is 34.0 Å². The van der Waals surface area contributed by atoms with E-state index in [1.54, 1.807) is 0 Å². The second kappa shape index (κ2) is 3.88. The van der Waals surface area contributed by atoms with Crippen molar-refractivity contribution in [2.75, 3.05) is 0 Å². The Kier molecular flexibility index (Phi) is 2.43. The van der Waals surface area contributed by atoms with Crippen molar-refractivity contribution in [3.05, 3.63) is 11.6 Å². The molecule has 5 rings (SSSR count). The molecule has 0 aliphatic heterocycles. The Hall–Kier alpha value is -0.630. The molecule has 0 aromatic carbocycles. The summed E-state index contributed by atoms with van der Waals surface area (Å²) >= 11 is 0. The number of hydrogen-bond donors (Lipinski definition) is 1. The van der Waals surface area contributed by atoms with Gasteiger partial charge in [-0.25, -0.2) is 0 Å². The highest BCUT2D eigenvalue weighted by Crippen LogP contribution is 2.82. The summed E-state index contributed by atoms with van der Waals surface area (Å²) in [6.07, 6.45) is 11.0. The van der Waals surface area contributed by atoms with E-state index in [-0.39, 0.29) is 16.9 Å². The van der Waals surface area contributed by atoms with Crippen molar-refractivity contribution in [3.63, 3.8) is 0 Å². The van der Waals surface area contributed by atoms with Gasteiger partial charge in [-0.15, -0.1) is 0 Å². The summed E-state index contributed by atoms with van der Waals surface area (Å²) in [5.41, 5.74) is 2.36. The first-order valence-corrected chi connectivity index (χ1v) is 9.34. The summed E-state index contributed by atoms with van der Waals surface area (Å²) in [4.78, 5) is 11.9. The predicted molar refractivity (Wildman–Crippen MR) is 85.1 cm³/mol. The van der Waals surface area contributed by atoms with Gasteiger partial charge in [-0.05, 0) is 85.0 Å². The number of ketones is 1. The highest BCUT2D eigenvalue weighted by Gasteiger charge is 2.77. The lowest BCUT2D eigenvalue weighted by Gasteiger charge is -2.59. The quantitative estimate of drug-likeness (QED) is 0.737. The molecule has 4 saturated carbocycles. The zero-order valence-corrected chi connectivity index (χ0v) is 13.9. The van der Waals surface area contributed by atoms with Gasteiger partial charge in [0.25, 0.3) is 0 Å². The van der Waals surface area contributed by atoms with Gasteiger partial charge in [-0.2, -0.15) is 0 Å². The van der Waals surface area contributed by atoms with E-state index in [4.69, 9.17) is 0 Å². The largest absolute Gasteiger partial charge is 0.393 e. The van der Waals surface area contributed by atoms with Gasteiger partial charge < -0.3 is 5.11 Å². The van der Waals surface area contributed by atoms with Crippen LogP contribution in [0.2, 0.25) is 0 Å². The molecule has 0 aromatic rings. The average molecular weight is 300 g/mol. The summed E-state index contributed by atoms with van der Waals surface area (Å²) in [5.74, 6) is 2.69. The fourth-order valence-electron chi connectivity index (χ4n) is 7.76. The Labute approximate surface area is 133 Å². The zero-order chi connectivity index (χ0) is 15.3. The number of rotatable bonds is 0. The van der Waals surface area contributed by atoms with Crippen LogP contribution >= 0.6 is 0 Å². The molecule has 5 aliphatic carbocycles. The topological polar surface area (TPSA) is 37.3 Å². The van der Waals surface area contributed by atoms with Crippen LogP contribution in [0.4, 0.5) is 0 Å².